The molecule has 22 heavy (non-hydrogen) atoms. The minimum Gasteiger partial charge on any atom is -0.480 e. The van der Waals surface area contributed by atoms with Gasteiger partial charge in [0.1, 0.15) is 6.04 Å². The molecule has 0 spiro atoms. The van der Waals surface area contributed by atoms with Crippen LogP contribution in [0.15, 0.2) is 18.3 Å². The molecule has 1 aliphatic heterocycles. The highest BCUT2D eigenvalue weighted by Crippen LogP contribution is 2.22. The van der Waals surface area contributed by atoms with Crippen molar-refractivity contribution in [3.8, 4) is 5.88 Å². The van der Waals surface area contributed by atoms with E-state index in [1.807, 2.05) is 0 Å². The first-order valence-electron chi connectivity index (χ1n) is 6.47. The third-order valence-corrected chi connectivity index (χ3v) is 3.16. The van der Waals surface area contributed by atoms with Crippen LogP contribution in [0.4, 0.5) is 13.2 Å². The number of alkyl halides is 3. The fraction of sp³-hybridized carbons (Fsp3) is 0.462. The van der Waals surface area contributed by atoms with Crippen molar-refractivity contribution in [2.75, 3.05) is 13.2 Å². The van der Waals surface area contributed by atoms with E-state index < -0.39 is 30.7 Å². The fourth-order valence-electron chi connectivity index (χ4n) is 2.21. The number of hydrogen-bond donors (Lipinski definition) is 1. The number of aliphatic carboxylic acids is 1. The second-order valence-corrected chi connectivity index (χ2v) is 4.78. The zero-order valence-corrected chi connectivity index (χ0v) is 11.3. The van der Waals surface area contributed by atoms with E-state index in [1.54, 1.807) is 0 Å². The van der Waals surface area contributed by atoms with Crippen molar-refractivity contribution in [1.82, 2.24) is 9.88 Å². The van der Waals surface area contributed by atoms with Crippen LogP contribution in [0.25, 0.3) is 0 Å². The molecule has 0 aromatic carbocycles. The second kappa shape index (κ2) is 6.20. The predicted molar refractivity (Wildman–Crippen MR) is 67.5 cm³/mol. The first kappa shape index (κ1) is 16.1. The van der Waals surface area contributed by atoms with E-state index >= 15 is 0 Å². The van der Waals surface area contributed by atoms with Gasteiger partial charge in [0.05, 0.1) is 0 Å². The number of carbonyl (C=O) groups is 2. The molecule has 120 valence electrons. The first-order valence-corrected chi connectivity index (χ1v) is 6.47. The Bertz CT molecular complexity index is 577. The summed E-state index contributed by atoms with van der Waals surface area (Å²) in [5.41, 5.74) is 0.0420. The lowest BCUT2D eigenvalue weighted by Crippen LogP contribution is -2.40. The maximum absolute atomic E-state index is 12.3. The number of halogens is 3. The summed E-state index contributed by atoms with van der Waals surface area (Å²) in [5, 5.41) is 9.05. The molecular weight excluding hydrogens is 305 g/mol. The molecule has 2 heterocycles. The first-order chi connectivity index (χ1) is 10.3. The molecule has 0 unspecified atom stereocenters. The highest BCUT2D eigenvalue weighted by atomic mass is 19.4. The molecule has 0 saturated carbocycles. The zero-order valence-electron chi connectivity index (χ0n) is 11.3. The molecule has 1 amide bonds. The quantitative estimate of drug-likeness (QED) is 0.914. The van der Waals surface area contributed by atoms with Gasteiger partial charge >= 0.3 is 12.1 Å². The lowest BCUT2D eigenvalue weighted by atomic mass is 10.2. The Morgan fingerprint density at radius 3 is 2.82 bits per heavy atom. The van der Waals surface area contributed by atoms with Crippen LogP contribution in [0, 0.1) is 0 Å². The molecule has 2 rings (SSSR count). The number of likely N-dealkylation sites (tertiary alicyclic amines) is 1. The van der Waals surface area contributed by atoms with Gasteiger partial charge in [0.15, 0.2) is 6.61 Å². The topological polar surface area (TPSA) is 79.7 Å². The third-order valence-electron chi connectivity index (χ3n) is 3.16. The van der Waals surface area contributed by atoms with Crippen molar-refractivity contribution in [3.05, 3.63) is 23.9 Å². The van der Waals surface area contributed by atoms with Crippen molar-refractivity contribution >= 4 is 11.9 Å². The zero-order chi connectivity index (χ0) is 16.3. The SMILES string of the molecule is O=C(O)[C@@H]1CCCN1C(=O)c1ccnc(OCC(F)(F)F)c1. The maximum Gasteiger partial charge on any atom is 0.422 e. The van der Waals surface area contributed by atoms with Crippen molar-refractivity contribution in [1.29, 1.82) is 0 Å². The van der Waals surface area contributed by atoms with E-state index in [4.69, 9.17) is 5.11 Å². The van der Waals surface area contributed by atoms with Crippen LogP contribution in [0.1, 0.15) is 23.2 Å². The Morgan fingerprint density at radius 1 is 1.45 bits per heavy atom. The van der Waals surface area contributed by atoms with E-state index in [9.17, 15) is 22.8 Å². The number of carboxylic acids is 1. The van der Waals surface area contributed by atoms with Gasteiger partial charge in [-0.15, -0.1) is 0 Å². The van der Waals surface area contributed by atoms with Crippen LogP contribution in [-0.4, -0.2) is 52.2 Å². The fourth-order valence-corrected chi connectivity index (χ4v) is 2.21. The van der Waals surface area contributed by atoms with Gasteiger partial charge in [-0.05, 0) is 18.9 Å². The monoisotopic (exact) mass is 318 g/mol. The van der Waals surface area contributed by atoms with Crippen molar-refractivity contribution in [3.63, 3.8) is 0 Å². The largest absolute Gasteiger partial charge is 0.480 e. The summed E-state index contributed by atoms with van der Waals surface area (Å²) < 4.78 is 40.8. The number of aromatic nitrogens is 1. The Morgan fingerprint density at radius 2 is 2.18 bits per heavy atom. The molecule has 1 saturated heterocycles. The molecule has 0 aliphatic carbocycles. The average Bonchev–Trinajstić information content (AvgIpc) is 2.93. The summed E-state index contributed by atoms with van der Waals surface area (Å²) in [6.07, 6.45) is -2.45. The van der Waals surface area contributed by atoms with Crippen LogP contribution >= 0.6 is 0 Å². The van der Waals surface area contributed by atoms with E-state index in [0.717, 1.165) is 12.3 Å². The molecule has 1 aromatic rings. The highest BCUT2D eigenvalue weighted by Gasteiger charge is 2.34. The number of carbonyl (C=O) groups excluding carboxylic acids is 1. The van der Waals surface area contributed by atoms with Crippen LogP contribution < -0.4 is 4.74 Å². The van der Waals surface area contributed by atoms with Crippen molar-refractivity contribution in [2.45, 2.75) is 25.1 Å². The Labute approximate surface area is 123 Å². The van der Waals surface area contributed by atoms with Gasteiger partial charge in [0.25, 0.3) is 5.91 Å². The van der Waals surface area contributed by atoms with E-state index in [2.05, 4.69) is 9.72 Å². The molecule has 1 atom stereocenters. The predicted octanol–water partition coefficient (Wildman–Crippen LogP) is 1.71. The van der Waals surface area contributed by atoms with Crippen molar-refractivity contribution < 1.29 is 32.6 Å². The average molecular weight is 318 g/mol. The van der Waals surface area contributed by atoms with Gasteiger partial charge in [-0.25, -0.2) is 9.78 Å². The third kappa shape index (κ3) is 3.86. The highest BCUT2D eigenvalue weighted by molar-refractivity contribution is 5.97. The number of pyridine rings is 1. The number of nitrogens with zero attached hydrogens (tertiary/aromatic N) is 2. The van der Waals surface area contributed by atoms with Gasteiger partial charge < -0.3 is 14.7 Å². The van der Waals surface area contributed by atoms with E-state index in [1.165, 1.54) is 11.0 Å². The number of amides is 1. The molecule has 1 aliphatic rings. The van der Waals surface area contributed by atoms with Gasteiger partial charge in [0.2, 0.25) is 5.88 Å². The molecule has 1 fully saturated rings. The van der Waals surface area contributed by atoms with Crippen LogP contribution in [-0.2, 0) is 4.79 Å². The molecular formula is C13H13F3N2O4. The normalized spacial score (nSPS) is 18.3. The Kier molecular flexibility index (Phi) is 4.53. The molecule has 6 nitrogen and oxygen atoms in total. The number of hydrogen-bond acceptors (Lipinski definition) is 4. The van der Waals surface area contributed by atoms with E-state index in [-0.39, 0.29) is 18.0 Å². The summed E-state index contributed by atoms with van der Waals surface area (Å²) >= 11 is 0. The second-order valence-electron chi connectivity index (χ2n) is 4.78. The van der Waals surface area contributed by atoms with Gasteiger partial charge in [-0.3, -0.25) is 4.79 Å². The van der Waals surface area contributed by atoms with E-state index in [0.29, 0.717) is 12.8 Å². The number of ether oxygens (including phenoxy) is 1. The maximum atomic E-state index is 12.3. The lowest BCUT2D eigenvalue weighted by Gasteiger charge is -2.21. The number of carboxylic acid groups (broad SMARTS) is 1. The molecule has 1 N–H and O–H groups in total. The Balaban J connectivity index is 2.12. The number of rotatable bonds is 4. The minimum atomic E-state index is -4.51. The summed E-state index contributed by atoms with van der Waals surface area (Å²) in [7, 11) is 0. The molecule has 0 radical (unpaired) electrons. The molecule has 9 heteroatoms. The summed E-state index contributed by atoms with van der Waals surface area (Å²) in [6, 6.07) is 1.46. The van der Waals surface area contributed by atoms with Gasteiger partial charge in [0, 0.05) is 24.4 Å². The minimum absolute atomic E-state index is 0.0420. The van der Waals surface area contributed by atoms with Gasteiger partial charge in [-0.2, -0.15) is 13.2 Å². The smallest absolute Gasteiger partial charge is 0.422 e. The summed E-state index contributed by atoms with van der Waals surface area (Å²) in [5.74, 6) is -2.01. The molecule has 0 bridgehead atoms. The lowest BCUT2D eigenvalue weighted by molar-refractivity contribution is -0.154. The summed E-state index contributed by atoms with van der Waals surface area (Å²) in [4.78, 5) is 28.1. The van der Waals surface area contributed by atoms with Gasteiger partial charge in [-0.1, -0.05) is 0 Å². The van der Waals surface area contributed by atoms with Crippen LogP contribution in [0.3, 0.4) is 0 Å². The van der Waals surface area contributed by atoms with Crippen molar-refractivity contribution in [2.24, 2.45) is 0 Å². The Hall–Kier alpha value is -2.32. The van der Waals surface area contributed by atoms with Crippen LogP contribution in [0.5, 0.6) is 5.88 Å². The molecule has 1 aromatic heterocycles. The van der Waals surface area contributed by atoms with Crippen LogP contribution in [0.2, 0.25) is 0 Å². The summed E-state index contributed by atoms with van der Waals surface area (Å²) in [6.45, 7) is -1.23. The standard InChI is InChI=1S/C13H13F3N2O4/c14-13(15,16)7-22-10-6-8(3-4-17-10)11(19)18-5-1-2-9(18)12(20)21/h3-4,6,9H,1-2,5,7H2,(H,20,21)/t9-/m0/s1.